The minimum Gasteiger partial charge on any atom is -0.375 e. The van der Waals surface area contributed by atoms with Crippen LogP contribution in [0.4, 0.5) is 38.1 Å². The molecule has 41 heavy (non-hydrogen) atoms. The number of hydrogen-bond acceptors (Lipinski definition) is 4. The molecule has 14 heteroatoms. The molecule has 0 spiro atoms. The number of alkyl halides is 3. The SMILES string of the molecule is [2H]C1([2H])N(C(=O)Nc2cc3[nH]c(=O)ccc3c3c2C(c2cc(F)ccc2Cl)NC3=O)c2ccc(F)cc2C1(O)C(F)(F)F. The number of pyridine rings is 1. The van der Waals surface area contributed by atoms with E-state index in [1.807, 2.05) is 0 Å². The Morgan fingerprint density at radius 2 is 1.80 bits per heavy atom. The van der Waals surface area contributed by atoms with Crippen LogP contribution in [-0.2, 0) is 5.60 Å². The summed E-state index contributed by atoms with van der Waals surface area (Å²) < 4.78 is 87.2. The van der Waals surface area contributed by atoms with Crippen LogP contribution in [0.25, 0.3) is 10.9 Å². The second kappa shape index (κ2) is 9.01. The Labute approximate surface area is 234 Å². The van der Waals surface area contributed by atoms with Gasteiger partial charge in [-0.3, -0.25) is 14.5 Å². The van der Waals surface area contributed by atoms with Gasteiger partial charge in [-0.05, 0) is 48.5 Å². The first-order valence-electron chi connectivity index (χ1n) is 12.7. The number of nitrogens with one attached hydrogen (secondary N) is 3. The summed E-state index contributed by atoms with van der Waals surface area (Å²) in [6, 6.07) is 5.84. The van der Waals surface area contributed by atoms with Crippen molar-refractivity contribution in [3.8, 4) is 0 Å². The maximum Gasteiger partial charge on any atom is 0.423 e. The summed E-state index contributed by atoms with van der Waals surface area (Å²) in [4.78, 5) is 41.4. The van der Waals surface area contributed by atoms with Gasteiger partial charge in [-0.1, -0.05) is 11.6 Å². The molecule has 4 aromatic rings. The first kappa shape index (κ1) is 24.3. The lowest BCUT2D eigenvalue weighted by Crippen LogP contribution is -2.48. The van der Waals surface area contributed by atoms with E-state index < -0.39 is 64.7 Å². The molecule has 0 radical (unpaired) electrons. The number of anilines is 2. The number of aromatic nitrogens is 1. The number of benzene rings is 3. The van der Waals surface area contributed by atoms with E-state index in [-0.39, 0.29) is 49.3 Å². The van der Waals surface area contributed by atoms with Gasteiger partial charge in [0.1, 0.15) is 11.6 Å². The normalized spacial score (nSPS) is 21.7. The van der Waals surface area contributed by atoms with Crippen molar-refractivity contribution in [1.82, 2.24) is 10.3 Å². The minimum absolute atomic E-state index is 0.0143. The number of aromatic amines is 1. The molecule has 2 unspecified atom stereocenters. The van der Waals surface area contributed by atoms with Crippen LogP contribution in [0.2, 0.25) is 5.02 Å². The van der Waals surface area contributed by atoms with Gasteiger partial charge in [-0.25, -0.2) is 13.6 Å². The molecule has 210 valence electrons. The third kappa shape index (κ3) is 4.11. The summed E-state index contributed by atoms with van der Waals surface area (Å²) in [7, 11) is 0. The highest BCUT2D eigenvalue weighted by molar-refractivity contribution is 6.31. The highest BCUT2D eigenvalue weighted by Crippen LogP contribution is 2.49. The smallest absolute Gasteiger partial charge is 0.375 e. The second-order valence-electron chi connectivity index (χ2n) is 9.32. The predicted octanol–water partition coefficient (Wildman–Crippen LogP) is 5.09. The molecule has 2 atom stereocenters. The van der Waals surface area contributed by atoms with Crippen LogP contribution in [-0.4, -0.2) is 34.7 Å². The van der Waals surface area contributed by atoms with Gasteiger partial charge in [-0.2, -0.15) is 13.2 Å². The molecule has 2 aliphatic rings. The van der Waals surface area contributed by atoms with Crippen molar-refractivity contribution in [1.29, 1.82) is 0 Å². The lowest BCUT2D eigenvalue weighted by atomic mass is 9.93. The maximum atomic E-state index is 14.2. The van der Waals surface area contributed by atoms with Gasteiger partial charge in [0, 0.05) is 33.2 Å². The zero-order chi connectivity index (χ0) is 31.2. The maximum absolute atomic E-state index is 14.2. The van der Waals surface area contributed by atoms with Crippen molar-refractivity contribution in [3.05, 3.63) is 104 Å². The summed E-state index contributed by atoms with van der Waals surface area (Å²) in [5.41, 5.74) is -7.29. The summed E-state index contributed by atoms with van der Waals surface area (Å²) in [5, 5.41) is 15.8. The largest absolute Gasteiger partial charge is 0.423 e. The van der Waals surface area contributed by atoms with Gasteiger partial charge >= 0.3 is 12.2 Å². The number of rotatable bonds is 2. The lowest BCUT2D eigenvalue weighted by Gasteiger charge is -2.27. The minimum atomic E-state index is -5.70. The highest BCUT2D eigenvalue weighted by Gasteiger charge is 2.61. The molecule has 0 saturated carbocycles. The highest BCUT2D eigenvalue weighted by atomic mass is 35.5. The van der Waals surface area contributed by atoms with Crippen LogP contribution in [0.1, 0.15) is 35.8 Å². The number of β-amino-alcohol motifs (C(OH)–C–C–N with tert-alkyl or cyclic N) is 1. The number of amides is 3. The summed E-state index contributed by atoms with van der Waals surface area (Å²) in [5.74, 6) is -2.68. The number of halogens is 6. The van der Waals surface area contributed by atoms with Gasteiger partial charge in [0.2, 0.25) is 11.2 Å². The number of carbonyl (C=O) groups is 2. The Morgan fingerprint density at radius 1 is 1.10 bits per heavy atom. The Bertz CT molecular complexity index is 1950. The number of carbonyl (C=O) groups excluding carboxylic acids is 2. The first-order valence-corrected chi connectivity index (χ1v) is 12.1. The molecule has 1 aromatic heterocycles. The zero-order valence-electron chi connectivity index (χ0n) is 22.2. The monoisotopic (exact) mass is 592 g/mol. The molecule has 4 N–H and O–H groups in total. The van der Waals surface area contributed by atoms with Gasteiger partial charge in [-0.15, -0.1) is 0 Å². The summed E-state index contributed by atoms with van der Waals surface area (Å²) in [6.45, 7) is -3.90. The molecule has 3 heterocycles. The Hall–Kier alpha value is -4.49. The van der Waals surface area contributed by atoms with E-state index >= 15 is 0 Å². The van der Waals surface area contributed by atoms with Gasteiger partial charge in [0.25, 0.3) is 5.91 Å². The lowest BCUT2D eigenvalue weighted by molar-refractivity contribution is -0.258. The third-order valence-corrected chi connectivity index (χ3v) is 7.19. The van der Waals surface area contributed by atoms with Crippen molar-refractivity contribution < 1.29 is 39.4 Å². The molecule has 8 nitrogen and oxygen atoms in total. The molecule has 3 aromatic carbocycles. The first-order chi connectivity index (χ1) is 20.1. The summed E-state index contributed by atoms with van der Waals surface area (Å²) in [6.07, 6.45) is -5.70. The second-order valence-corrected chi connectivity index (χ2v) is 9.72. The van der Waals surface area contributed by atoms with Crippen molar-refractivity contribution in [2.45, 2.75) is 17.8 Å². The molecule has 3 amide bonds. The van der Waals surface area contributed by atoms with E-state index in [0.29, 0.717) is 12.1 Å². The van der Waals surface area contributed by atoms with Crippen LogP contribution >= 0.6 is 11.6 Å². The van der Waals surface area contributed by atoms with E-state index in [9.17, 15) is 41.4 Å². The molecule has 0 fully saturated rings. The standard InChI is InChI=1S/C27H16ClF5N4O4/c28-16-4-1-11(29)7-14(16)23-22-18(9-17-13(3-6-20(38)34-17)21(22)24(39)36-23)35-25(40)37-10-26(41,27(31,32)33)15-8-12(30)2-5-19(15)37/h1-9,23,41H,10H2,(H,34,38)(H,35,40)(H,36,39)/i10D2. The third-order valence-electron chi connectivity index (χ3n) is 6.84. The van der Waals surface area contributed by atoms with E-state index in [1.54, 1.807) is 0 Å². The quantitative estimate of drug-likeness (QED) is 0.243. The van der Waals surface area contributed by atoms with E-state index in [2.05, 4.69) is 15.6 Å². The van der Waals surface area contributed by atoms with Gasteiger partial charge < -0.3 is 20.7 Å². The fourth-order valence-electron chi connectivity index (χ4n) is 5.04. The van der Waals surface area contributed by atoms with Crippen molar-refractivity contribution in [2.75, 3.05) is 16.7 Å². The topological polar surface area (TPSA) is 115 Å². The number of H-pyrrole nitrogens is 1. The molecule has 2 aliphatic heterocycles. The molecule has 0 bridgehead atoms. The number of hydrogen-bond donors (Lipinski definition) is 4. The Kier molecular flexibility index (Phi) is 5.34. The van der Waals surface area contributed by atoms with Crippen molar-refractivity contribution in [2.24, 2.45) is 0 Å². The van der Waals surface area contributed by atoms with Gasteiger partial charge in [0.05, 0.1) is 37.7 Å². The number of nitrogens with zero attached hydrogens (tertiary/aromatic N) is 1. The number of urea groups is 1. The zero-order valence-corrected chi connectivity index (χ0v) is 20.9. The molecular weight excluding hydrogens is 575 g/mol. The number of aliphatic hydroxyl groups is 1. The fourth-order valence-corrected chi connectivity index (χ4v) is 5.27. The summed E-state index contributed by atoms with van der Waals surface area (Å²) >= 11 is 6.30. The van der Waals surface area contributed by atoms with Crippen molar-refractivity contribution in [3.63, 3.8) is 0 Å². The molecule has 0 saturated heterocycles. The van der Waals surface area contributed by atoms with Crippen LogP contribution in [0.3, 0.4) is 0 Å². The molecular formula is C27H16ClF5N4O4. The van der Waals surface area contributed by atoms with E-state index in [1.165, 1.54) is 18.2 Å². The van der Waals surface area contributed by atoms with Crippen LogP contribution in [0.5, 0.6) is 0 Å². The molecule has 0 aliphatic carbocycles. The van der Waals surface area contributed by atoms with Crippen molar-refractivity contribution >= 4 is 45.8 Å². The average Bonchev–Trinajstić information content (AvgIpc) is 3.35. The van der Waals surface area contributed by atoms with E-state index in [0.717, 1.165) is 18.2 Å². The van der Waals surface area contributed by atoms with E-state index in [4.69, 9.17) is 14.3 Å². The Morgan fingerprint density at radius 3 is 2.54 bits per heavy atom. The fraction of sp³-hybridized carbons (Fsp3) is 0.148. The van der Waals surface area contributed by atoms with Crippen LogP contribution < -0.4 is 21.1 Å². The van der Waals surface area contributed by atoms with Crippen LogP contribution in [0, 0.1) is 11.6 Å². The Balaban J connectivity index is 1.55. The predicted molar refractivity (Wildman–Crippen MR) is 138 cm³/mol. The number of fused-ring (bicyclic) bond motifs is 4. The van der Waals surface area contributed by atoms with Crippen LogP contribution in [0.15, 0.2) is 59.4 Å². The average molecular weight is 593 g/mol. The van der Waals surface area contributed by atoms with Gasteiger partial charge in [0.15, 0.2) is 0 Å². The molecule has 6 rings (SSSR count).